The summed E-state index contributed by atoms with van der Waals surface area (Å²) in [6.45, 7) is 4.92. The lowest BCUT2D eigenvalue weighted by Gasteiger charge is -2.03. The van der Waals surface area contributed by atoms with Crippen molar-refractivity contribution in [2.45, 2.75) is 20.3 Å². The molecule has 1 rings (SSSR count). The van der Waals surface area contributed by atoms with Crippen molar-refractivity contribution in [3.8, 4) is 6.07 Å². The molecule has 7 heteroatoms. The number of rotatable bonds is 7. The Morgan fingerprint density at radius 3 is 2.85 bits per heavy atom. The van der Waals surface area contributed by atoms with Crippen molar-refractivity contribution in [2.24, 2.45) is 0 Å². The second-order valence-corrected chi connectivity index (χ2v) is 5.28. The number of ether oxygens (including phenoxy) is 1. The van der Waals surface area contributed by atoms with Gasteiger partial charge in [-0.05, 0) is 20.3 Å². The van der Waals surface area contributed by atoms with Crippen molar-refractivity contribution in [3.63, 3.8) is 0 Å². The van der Waals surface area contributed by atoms with Gasteiger partial charge in [-0.15, -0.1) is 11.3 Å². The minimum atomic E-state index is -0.402. The van der Waals surface area contributed by atoms with Crippen LogP contribution in [-0.2, 0) is 9.53 Å². The van der Waals surface area contributed by atoms with Gasteiger partial charge in [-0.2, -0.15) is 5.26 Å². The van der Waals surface area contributed by atoms with Crippen LogP contribution < -0.4 is 10.6 Å². The zero-order valence-electron chi connectivity index (χ0n) is 11.8. The first-order valence-corrected chi connectivity index (χ1v) is 6.98. The summed E-state index contributed by atoms with van der Waals surface area (Å²) in [6.07, 6.45) is 2.09. The van der Waals surface area contributed by atoms with E-state index in [2.05, 4.69) is 15.6 Å². The smallest absolute Gasteiger partial charge is 0.263 e. The van der Waals surface area contributed by atoms with E-state index in [9.17, 15) is 4.79 Å². The van der Waals surface area contributed by atoms with Crippen LogP contribution >= 0.6 is 11.3 Å². The Morgan fingerprint density at radius 2 is 2.30 bits per heavy atom. The Hall–Kier alpha value is -1.91. The average Bonchev–Trinajstić information content (AvgIpc) is 2.74. The first kappa shape index (κ1) is 16.1. The van der Waals surface area contributed by atoms with E-state index in [1.807, 2.05) is 19.9 Å². The average molecular weight is 294 g/mol. The first-order valence-electron chi connectivity index (χ1n) is 6.16. The molecule has 0 aromatic carbocycles. The fourth-order valence-electron chi connectivity index (χ4n) is 1.33. The molecule has 1 aromatic heterocycles. The molecule has 0 spiro atoms. The summed E-state index contributed by atoms with van der Waals surface area (Å²) in [4.78, 5) is 17.1. The van der Waals surface area contributed by atoms with Crippen LogP contribution in [0, 0.1) is 25.2 Å². The Bertz CT molecular complexity index is 511. The Morgan fingerprint density at radius 1 is 1.55 bits per heavy atom. The number of nitrogens with zero attached hydrogens (tertiary/aromatic N) is 2. The van der Waals surface area contributed by atoms with Crippen LogP contribution in [0.3, 0.4) is 0 Å². The monoisotopic (exact) mass is 294 g/mol. The molecular formula is C13H18N4O2S. The molecule has 0 aliphatic rings. The fraction of sp³-hybridized carbons (Fsp3) is 0.462. The molecule has 0 saturated heterocycles. The molecule has 1 amide bonds. The van der Waals surface area contributed by atoms with Crippen molar-refractivity contribution in [2.75, 3.05) is 25.6 Å². The number of hydrogen-bond acceptors (Lipinski definition) is 6. The van der Waals surface area contributed by atoms with Crippen LogP contribution in [0.15, 0.2) is 11.8 Å². The van der Waals surface area contributed by atoms with Gasteiger partial charge in [0.25, 0.3) is 5.91 Å². The maximum Gasteiger partial charge on any atom is 0.263 e. The predicted molar refractivity (Wildman–Crippen MR) is 78.4 cm³/mol. The quantitative estimate of drug-likeness (QED) is 0.454. The number of carbonyl (C=O) groups excluding carboxylic acids is 1. The van der Waals surface area contributed by atoms with Crippen molar-refractivity contribution in [3.05, 3.63) is 22.3 Å². The summed E-state index contributed by atoms with van der Waals surface area (Å²) in [7, 11) is 1.60. The van der Waals surface area contributed by atoms with Crippen LogP contribution in [-0.4, -0.2) is 31.2 Å². The molecule has 0 fully saturated rings. The minimum Gasteiger partial charge on any atom is -0.385 e. The van der Waals surface area contributed by atoms with Gasteiger partial charge in [0.1, 0.15) is 11.6 Å². The summed E-state index contributed by atoms with van der Waals surface area (Å²) in [5.74, 6) is -0.402. The number of anilines is 1. The summed E-state index contributed by atoms with van der Waals surface area (Å²) < 4.78 is 4.88. The fourth-order valence-corrected chi connectivity index (χ4v) is 2.11. The molecule has 0 aliphatic heterocycles. The van der Waals surface area contributed by atoms with Gasteiger partial charge < -0.3 is 15.4 Å². The number of thiazole rings is 1. The van der Waals surface area contributed by atoms with E-state index in [1.165, 1.54) is 17.5 Å². The third-order valence-electron chi connectivity index (χ3n) is 2.54. The maximum absolute atomic E-state index is 11.7. The van der Waals surface area contributed by atoms with Gasteiger partial charge in [-0.1, -0.05) is 0 Å². The lowest BCUT2D eigenvalue weighted by molar-refractivity contribution is -0.117. The lowest BCUT2D eigenvalue weighted by atomic mass is 10.3. The van der Waals surface area contributed by atoms with E-state index >= 15 is 0 Å². The van der Waals surface area contributed by atoms with Crippen molar-refractivity contribution < 1.29 is 9.53 Å². The van der Waals surface area contributed by atoms with Gasteiger partial charge in [0.15, 0.2) is 5.13 Å². The van der Waals surface area contributed by atoms with Gasteiger partial charge in [0.05, 0.1) is 5.69 Å². The van der Waals surface area contributed by atoms with Crippen LogP contribution in [0.25, 0.3) is 0 Å². The number of nitrogens with one attached hydrogen (secondary N) is 2. The molecule has 20 heavy (non-hydrogen) atoms. The third-order valence-corrected chi connectivity index (χ3v) is 3.55. The summed E-state index contributed by atoms with van der Waals surface area (Å²) >= 11 is 1.48. The SMILES string of the molecule is COCCCNC(=O)/C(C#N)=C\Nc1nc(C)c(C)s1. The highest BCUT2D eigenvalue weighted by atomic mass is 32.1. The van der Waals surface area contributed by atoms with Gasteiger partial charge in [0.2, 0.25) is 0 Å². The Kier molecular flexibility index (Phi) is 6.70. The molecule has 0 aliphatic carbocycles. The van der Waals surface area contributed by atoms with Crippen LogP contribution in [0.4, 0.5) is 5.13 Å². The molecule has 108 valence electrons. The number of amides is 1. The summed E-state index contributed by atoms with van der Waals surface area (Å²) in [5.41, 5.74) is 0.960. The molecular weight excluding hydrogens is 276 g/mol. The Labute approximate surface area is 122 Å². The highest BCUT2D eigenvalue weighted by molar-refractivity contribution is 7.15. The van der Waals surface area contributed by atoms with Crippen LogP contribution in [0.1, 0.15) is 17.0 Å². The van der Waals surface area contributed by atoms with Gasteiger partial charge in [0, 0.05) is 31.3 Å². The zero-order valence-corrected chi connectivity index (χ0v) is 12.6. The third kappa shape index (κ3) is 4.99. The normalized spacial score (nSPS) is 11.0. The molecule has 0 radical (unpaired) electrons. The van der Waals surface area contributed by atoms with Crippen molar-refractivity contribution in [1.82, 2.24) is 10.3 Å². The predicted octanol–water partition coefficient (Wildman–Crippen LogP) is 1.73. The van der Waals surface area contributed by atoms with Crippen LogP contribution in [0.5, 0.6) is 0 Å². The first-order chi connectivity index (χ1) is 9.58. The van der Waals surface area contributed by atoms with Gasteiger partial charge >= 0.3 is 0 Å². The number of nitriles is 1. The van der Waals surface area contributed by atoms with E-state index in [4.69, 9.17) is 10.00 Å². The minimum absolute atomic E-state index is 0.0212. The molecule has 1 heterocycles. The molecule has 0 atom stereocenters. The van der Waals surface area contributed by atoms with E-state index < -0.39 is 5.91 Å². The van der Waals surface area contributed by atoms with E-state index in [0.29, 0.717) is 24.7 Å². The lowest BCUT2D eigenvalue weighted by Crippen LogP contribution is -2.26. The highest BCUT2D eigenvalue weighted by Gasteiger charge is 2.08. The van der Waals surface area contributed by atoms with Crippen LogP contribution in [0.2, 0.25) is 0 Å². The van der Waals surface area contributed by atoms with E-state index in [1.54, 1.807) is 7.11 Å². The highest BCUT2D eigenvalue weighted by Crippen LogP contribution is 2.21. The molecule has 6 nitrogen and oxygen atoms in total. The molecule has 0 bridgehead atoms. The second-order valence-electron chi connectivity index (χ2n) is 4.08. The van der Waals surface area contributed by atoms with Crippen molar-refractivity contribution in [1.29, 1.82) is 5.26 Å². The number of carbonyl (C=O) groups is 1. The number of aromatic nitrogens is 1. The molecule has 0 unspecified atom stereocenters. The summed E-state index contributed by atoms with van der Waals surface area (Å²) in [6, 6.07) is 1.87. The molecule has 2 N–H and O–H groups in total. The van der Waals surface area contributed by atoms with Gasteiger partial charge in [-0.3, -0.25) is 4.79 Å². The Balaban J connectivity index is 2.54. The standard InChI is InChI=1S/C13H18N4O2S/c1-9-10(2)20-13(17-9)16-8-11(7-14)12(18)15-5-4-6-19-3/h8H,4-6H2,1-3H3,(H,15,18)(H,16,17)/b11-8-. The van der Waals surface area contributed by atoms with Crippen molar-refractivity contribution >= 4 is 22.4 Å². The molecule has 1 aromatic rings. The topological polar surface area (TPSA) is 87.0 Å². The maximum atomic E-state index is 11.7. The van der Waals surface area contributed by atoms with E-state index in [-0.39, 0.29) is 5.57 Å². The number of methoxy groups -OCH3 is 1. The number of aryl methyl sites for hydroxylation is 2. The largest absolute Gasteiger partial charge is 0.385 e. The molecule has 0 saturated carbocycles. The second kappa shape index (κ2) is 8.30. The number of hydrogen-bond donors (Lipinski definition) is 2. The van der Waals surface area contributed by atoms with E-state index in [0.717, 1.165) is 10.6 Å². The summed E-state index contributed by atoms with van der Waals surface area (Å²) in [5, 5.41) is 15.2. The zero-order chi connectivity index (χ0) is 15.0. The van der Waals surface area contributed by atoms with Gasteiger partial charge in [-0.25, -0.2) is 4.98 Å².